The summed E-state index contributed by atoms with van der Waals surface area (Å²) in [5.74, 6) is 1.42. The van der Waals surface area contributed by atoms with Crippen molar-refractivity contribution in [1.29, 1.82) is 0 Å². The molecule has 1 heterocycles. The van der Waals surface area contributed by atoms with E-state index in [9.17, 15) is 0 Å². The molecule has 0 atom stereocenters. The van der Waals surface area contributed by atoms with Gasteiger partial charge in [0.25, 0.3) is 0 Å². The lowest BCUT2D eigenvalue weighted by molar-refractivity contribution is 0.651. The van der Waals surface area contributed by atoms with E-state index in [1.165, 1.54) is 5.56 Å². The highest BCUT2D eigenvalue weighted by Gasteiger charge is 2.02. The van der Waals surface area contributed by atoms with Gasteiger partial charge in [0, 0.05) is 25.5 Å². The fourth-order valence-corrected chi connectivity index (χ4v) is 2.05. The molecule has 2 rings (SSSR count). The van der Waals surface area contributed by atoms with Crippen molar-refractivity contribution in [2.24, 2.45) is 10.7 Å². The number of nitrogens with zero attached hydrogens (tertiary/aromatic N) is 3. The van der Waals surface area contributed by atoms with Crippen molar-refractivity contribution in [3.05, 3.63) is 54.1 Å². The predicted octanol–water partition coefficient (Wildman–Crippen LogP) is 2.56. The van der Waals surface area contributed by atoms with E-state index in [4.69, 9.17) is 5.73 Å². The molecule has 0 amide bonds. The maximum absolute atomic E-state index is 5.79. The Labute approximate surface area is 149 Å². The van der Waals surface area contributed by atoms with Crippen LogP contribution in [0.4, 0.5) is 0 Å². The van der Waals surface area contributed by atoms with E-state index in [0.29, 0.717) is 12.5 Å². The number of nitrogens with one attached hydrogen (secondary N) is 1. The van der Waals surface area contributed by atoms with E-state index < -0.39 is 0 Å². The van der Waals surface area contributed by atoms with E-state index in [2.05, 4.69) is 51.0 Å². The molecule has 0 aliphatic rings. The Morgan fingerprint density at radius 2 is 2.09 bits per heavy atom. The van der Waals surface area contributed by atoms with Crippen LogP contribution in [0.3, 0.4) is 0 Å². The SMILES string of the molecule is CCCNC(N)=NCc1nccn1CCc1ccccc1.I. The highest BCUT2D eigenvalue weighted by molar-refractivity contribution is 14.0. The molecule has 3 N–H and O–H groups in total. The summed E-state index contributed by atoms with van der Waals surface area (Å²) < 4.78 is 2.13. The Hall–Kier alpha value is -1.57. The number of benzene rings is 1. The van der Waals surface area contributed by atoms with Crippen molar-refractivity contribution < 1.29 is 0 Å². The van der Waals surface area contributed by atoms with Gasteiger partial charge < -0.3 is 15.6 Å². The van der Waals surface area contributed by atoms with Crippen molar-refractivity contribution in [3.8, 4) is 0 Å². The Bertz CT molecular complexity index is 565. The molecule has 6 heteroatoms. The second kappa shape index (κ2) is 10.2. The van der Waals surface area contributed by atoms with Crippen molar-refractivity contribution >= 4 is 29.9 Å². The third kappa shape index (κ3) is 6.05. The first-order valence-electron chi connectivity index (χ1n) is 7.37. The van der Waals surface area contributed by atoms with Gasteiger partial charge >= 0.3 is 0 Å². The molecular weight excluding hydrogens is 389 g/mol. The topological polar surface area (TPSA) is 68.2 Å². The summed E-state index contributed by atoms with van der Waals surface area (Å²) in [4.78, 5) is 8.67. The number of nitrogens with two attached hydrogens (primary N) is 1. The van der Waals surface area contributed by atoms with E-state index in [0.717, 1.165) is 31.8 Å². The Morgan fingerprint density at radius 3 is 2.82 bits per heavy atom. The molecule has 1 aromatic heterocycles. The first kappa shape index (κ1) is 18.5. The molecule has 0 unspecified atom stereocenters. The molecule has 2 aromatic rings. The zero-order valence-corrected chi connectivity index (χ0v) is 15.2. The molecular formula is C16H24IN5. The number of aliphatic imine (C=N–C) groups is 1. The third-order valence-corrected chi connectivity index (χ3v) is 3.23. The smallest absolute Gasteiger partial charge is 0.189 e. The summed E-state index contributed by atoms with van der Waals surface area (Å²) in [6.07, 6.45) is 5.81. The van der Waals surface area contributed by atoms with Gasteiger partial charge in [-0.15, -0.1) is 24.0 Å². The molecule has 0 spiro atoms. The first-order valence-corrected chi connectivity index (χ1v) is 7.37. The lowest BCUT2D eigenvalue weighted by Crippen LogP contribution is -2.32. The van der Waals surface area contributed by atoms with Gasteiger partial charge in [-0.1, -0.05) is 37.3 Å². The van der Waals surface area contributed by atoms with Crippen molar-refractivity contribution in [2.75, 3.05) is 6.54 Å². The van der Waals surface area contributed by atoms with E-state index in [1.54, 1.807) is 0 Å². The van der Waals surface area contributed by atoms with Crippen molar-refractivity contribution in [2.45, 2.75) is 32.9 Å². The average Bonchev–Trinajstić information content (AvgIpc) is 2.97. The summed E-state index contributed by atoms with van der Waals surface area (Å²) >= 11 is 0. The van der Waals surface area contributed by atoms with Crippen LogP contribution in [-0.2, 0) is 19.5 Å². The molecule has 5 nitrogen and oxygen atoms in total. The van der Waals surface area contributed by atoms with Gasteiger partial charge in [-0.05, 0) is 18.4 Å². The zero-order valence-electron chi connectivity index (χ0n) is 12.9. The minimum absolute atomic E-state index is 0. The number of rotatable bonds is 7. The summed E-state index contributed by atoms with van der Waals surface area (Å²) in [5, 5.41) is 3.06. The Morgan fingerprint density at radius 1 is 1.32 bits per heavy atom. The number of hydrogen-bond donors (Lipinski definition) is 2. The van der Waals surface area contributed by atoms with Gasteiger partial charge in [0.15, 0.2) is 5.96 Å². The van der Waals surface area contributed by atoms with Crippen LogP contribution in [0.25, 0.3) is 0 Å². The van der Waals surface area contributed by atoms with Gasteiger partial charge in [0.2, 0.25) is 0 Å². The molecule has 0 radical (unpaired) electrons. The van der Waals surface area contributed by atoms with Gasteiger partial charge in [-0.2, -0.15) is 0 Å². The van der Waals surface area contributed by atoms with Crippen molar-refractivity contribution in [3.63, 3.8) is 0 Å². The zero-order chi connectivity index (χ0) is 14.9. The summed E-state index contributed by atoms with van der Waals surface area (Å²) in [6, 6.07) is 10.4. The lowest BCUT2D eigenvalue weighted by Gasteiger charge is -2.07. The molecule has 0 saturated heterocycles. The fourth-order valence-electron chi connectivity index (χ4n) is 2.05. The average molecular weight is 413 g/mol. The molecule has 0 fully saturated rings. The summed E-state index contributed by atoms with van der Waals surface area (Å²) in [6.45, 7) is 4.34. The Kier molecular flexibility index (Phi) is 8.57. The largest absolute Gasteiger partial charge is 0.370 e. The van der Waals surface area contributed by atoms with Crippen molar-refractivity contribution in [1.82, 2.24) is 14.9 Å². The van der Waals surface area contributed by atoms with Crippen LogP contribution in [0.1, 0.15) is 24.7 Å². The monoisotopic (exact) mass is 413 g/mol. The minimum Gasteiger partial charge on any atom is -0.370 e. The van der Waals surface area contributed by atoms with Crippen LogP contribution in [0.2, 0.25) is 0 Å². The number of guanidine groups is 1. The van der Waals surface area contributed by atoms with Crippen LogP contribution in [0.15, 0.2) is 47.7 Å². The quantitative estimate of drug-likeness (QED) is 0.417. The molecule has 1 aromatic carbocycles. The lowest BCUT2D eigenvalue weighted by atomic mass is 10.1. The second-order valence-electron chi connectivity index (χ2n) is 4.90. The normalized spacial score (nSPS) is 11.0. The first-order chi connectivity index (χ1) is 10.3. The highest BCUT2D eigenvalue weighted by atomic mass is 127. The van der Waals surface area contributed by atoms with Crippen LogP contribution < -0.4 is 11.1 Å². The molecule has 22 heavy (non-hydrogen) atoms. The van der Waals surface area contributed by atoms with Gasteiger partial charge in [0.05, 0.1) is 0 Å². The van der Waals surface area contributed by atoms with Gasteiger partial charge in [-0.3, -0.25) is 0 Å². The predicted molar refractivity (Wildman–Crippen MR) is 101 cm³/mol. The Balaban J connectivity index is 0.00000242. The van der Waals surface area contributed by atoms with E-state index >= 15 is 0 Å². The highest BCUT2D eigenvalue weighted by Crippen LogP contribution is 2.05. The molecule has 0 aliphatic carbocycles. The molecule has 120 valence electrons. The number of aryl methyl sites for hydroxylation is 2. The van der Waals surface area contributed by atoms with Crippen LogP contribution in [0, 0.1) is 0 Å². The maximum atomic E-state index is 5.79. The summed E-state index contributed by atoms with van der Waals surface area (Å²) in [7, 11) is 0. The number of hydrogen-bond acceptors (Lipinski definition) is 2. The second-order valence-corrected chi connectivity index (χ2v) is 4.90. The standard InChI is InChI=1S/C16H23N5.HI/c1-2-9-19-16(17)20-13-15-18-10-12-21(15)11-8-14-6-4-3-5-7-14;/h3-7,10,12H,2,8-9,11,13H2,1H3,(H3,17,19,20);1H. The third-order valence-electron chi connectivity index (χ3n) is 3.23. The van der Waals surface area contributed by atoms with E-state index in [-0.39, 0.29) is 24.0 Å². The van der Waals surface area contributed by atoms with Gasteiger partial charge in [-0.25, -0.2) is 9.98 Å². The molecule has 0 saturated carbocycles. The van der Waals surface area contributed by atoms with Crippen LogP contribution >= 0.6 is 24.0 Å². The van der Waals surface area contributed by atoms with E-state index in [1.807, 2.05) is 18.5 Å². The summed E-state index contributed by atoms with van der Waals surface area (Å²) in [5.41, 5.74) is 7.12. The number of imidazole rings is 1. The van der Waals surface area contributed by atoms with Gasteiger partial charge in [0.1, 0.15) is 12.4 Å². The number of aromatic nitrogens is 2. The number of halogens is 1. The van der Waals surface area contributed by atoms with Crippen LogP contribution in [-0.4, -0.2) is 22.1 Å². The molecule has 0 aliphatic heterocycles. The fraction of sp³-hybridized carbons (Fsp3) is 0.375. The molecule has 0 bridgehead atoms. The van der Waals surface area contributed by atoms with Crippen LogP contribution in [0.5, 0.6) is 0 Å². The minimum atomic E-state index is 0. The maximum Gasteiger partial charge on any atom is 0.189 e.